The summed E-state index contributed by atoms with van der Waals surface area (Å²) >= 11 is 1.45. The van der Waals surface area contributed by atoms with Crippen LogP contribution in [0.25, 0.3) is 0 Å². The fourth-order valence-electron chi connectivity index (χ4n) is 3.87. The molecule has 3 aliphatic rings. The molecule has 0 saturated carbocycles. The van der Waals surface area contributed by atoms with E-state index in [2.05, 4.69) is 17.0 Å². The van der Waals surface area contributed by atoms with E-state index in [1.165, 1.54) is 28.6 Å². The highest BCUT2D eigenvalue weighted by molar-refractivity contribution is 8.14. The van der Waals surface area contributed by atoms with Gasteiger partial charge in [0.2, 0.25) is 5.12 Å². The Morgan fingerprint density at radius 2 is 1.95 bits per heavy atom. The van der Waals surface area contributed by atoms with Crippen molar-refractivity contribution in [3.63, 3.8) is 0 Å². The minimum absolute atomic E-state index is 0.284. The van der Waals surface area contributed by atoms with Gasteiger partial charge in [-0.05, 0) is 42.5 Å². The number of methoxy groups -OCH3 is 2. The van der Waals surface area contributed by atoms with Gasteiger partial charge in [0.1, 0.15) is 0 Å². The molecule has 0 fully saturated rings. The van der Waals surface area contributed by atoms with Gasteiger partial charge in [-0.2, -0.15) is 0 Å². The average molecular weight is 317 g/mol. The number of rotatable bonds is 2. The van der Waals surface area contributed by atoms with E-state index in [4.69, 9.17) is 9.47 Å². The van der Waals surface area contributed by atoms with Crippen LogP contribution in [0, 0.1) is 0 Å². The van der Waals surface area contributed by atoms with E-state index in [-0.39, 0.29) is 5.12 Å². The Bertz CT molecular complexity index is 683. The van der Waals surface area contributed by atoms with E-state index in [0.717, 1.165) is 48.6 Å². The van der Waals surface area contributed by atoms with Crippen LogP contribution in [0.3, 0.4) is 0 Å². The normalized spacial score (nSPS) is 23.1. The highest BCUT2D eigenvalue weighted by atomic mass is 32.2. The summed E-state index contributed by atoms with van der Waals surface area (Å²) in [5.41, 5.74) is 5.01. The van der Waals surface area contributed by atoms with Gasteiger partial charge in [-0.25, -0.2) is 0 Å². The van der Waals surface area contributed by atoms with Crippen molar-refractivity contribution in [2.45, 2.75) is 25.3 Å². The molecular formula is C17H19NO3S. The third-order valence-corrected chi connectivity index (χ3v) is 5.88. The second-order valence-electron chi connectivity index (χ2n) is 5.91. The third kappa shape index (κ3) is 1.95. The maximum atomic E-state index is 12.0. The largest absolute Gasteiger partial charge is 0.493 e. The molecule has 3 heterocycles. The number of carbonyl (C=O) groups is 1. The van der Waals surface area contributed by atoms with E-state index in [0.29, 0.717) is 6.04 Å². The fraction of sp³-hybridized carbons (Fsp3) is 0.471. The van der Waals surface area contributed by atoms with Crippen LogP contribution in [0.4, 0.5) is 0 Å². The highest BCUT2D eigenvalue weighted by Crippen LogP contribution is 2.47. The SMILES string of the molecule is COc1cc2c(cc1OC)C1CCC3=C(CSC3=O)N1CC2. The predicted molar refractivity (Wildman–Crippen MR) is 86.4 cm³/mol. The first kappa shape index (κ1) is 14.0. The molecule has 4 rings (SSSR count). The molecule has 0 amide bonds. The standard InChI is InChI=1S/C17H19NO3S/c1-20-15-7-10-5-6-18-13(12(10)8-16(15)21-2)4-3-11-14(18)9-22-17(11)19/h7-8,13H,3-6,9H2,1-2H3. The first-order valence-corrected chi connectivity index (χ1v) is 8.62. The van der Waals surface area contributed by atoms with Crippen molar-refractivity contribution in [3.8, 4) is 11.5 Å². The van der Waals surface area contributed by atoms with Gasteiger partial charge in [0.25, 0.3) is 0 Å². The Morgan fingerprint density at radius 1 is 1.18 bits per heavy atom. The van der Waals surface area contributed by atoms with Gasteiger partial charge < -0.3 is 14.4 Å². The summed E-state index contributed by atoms with van der Waals surface area (Å²) in [4.78, 5) is 14.4. The molecule has 0 aliphatic carbocycles. The number of carbonyl (C=O) groups excluding carboxylic acids is 1. The number of hydrogen-bond donors (Lipinski definition) is 0. The van der Waals surface area contributed by atoms with Crippen LogP contribution in [0.15, 0.2) is 23.4 Å². The zero-order chi connectivity index (χ0) is 15.3. The lowest BCUT2D eigenvalue weighted by Crippen LogP contribution is -2.38. The van der Waals surface area contributed by atoms with Crippen LogP contribution < -0.4 is 9.47 Å². The molecule has 0 bridgehead atoms. The minimum atomic E-state index is 0.284. The van der Waals surface area contributed by atoms with Crippen molar-refractivity contribution >= 4 is 16.9 Å². The second kappa shape index (κ2) is 5.23. The molecule has 0 aromatic heterocycles. The first-order chi connectivity index (χ1) is 10.7. The highest BCUT2D eigenvalue weighted by Gasteiger charge is 2.38. The summed E-state index contributed by atoms with van der Waals surface area (Å²) in [6.07, 6.45) is 2.89. The molecule has 3 aliphatic heterocycles. The Balaban J connectivity index is 1.77. The zero-order valence-electron chi connectivity index (χ0n) is 12.8. The van der Waals surface area contributed by atoms with E-state index < -0.39 is 0 Å². The summed E-state index contributed by atoms with van der Waals surface area (Å²) in [6.45, 7) is 0.986. The molecule has 1 aromatic carbocycles. The Labute approximate surface area is 134 Å². The van der Waals surface area contributed by atoms with Gasteiger partial charge >= 0.3 is 0 Å². The minimum Gasteiger partial charge on any atom is -0.493 e. The van der Waals surface area contributed by atoms with Crippen LogP contribution in [0.2, 0.25) is 0 Å². The second-order valence-corrected chi connectivity index (χ2v) is 6.85. The molecule has 1 atom stereocenters. The third-order valence-electron chi connectivity index (χ3n) is 4.95. The van der Waals surface area contributed by atoms with Gasteiger partial charge in [-0.3, -0.25) is 4.79 Å². The maximum absolute atomic E-state index is 12.0. The van der Waals surface area contributed by atoms with E-state index in [1.807, 2.05) is 0 Å². The monoisotopic (exact) mass is 317 g/mol. The molecule has 4 nitrogen and oxygen atoms in total. The maximum Gasteiger partial charge on any atom is 0.217 e. The molecule has 22 heavy (non-hydrogen) atoms. The van der Waals surface area contributed by atoms with Crippen LogP contribution in [-0.2, 0) is 11.2 Å². The van der Waals surface area contributed by atoms with E-state index in [1.54, 1.807) is 14.2 Å². The number of ether oxygens (including phenoxy) is 2. The number of nitrogens with zero attached hydrogens (tertiary/aromatic N) is 1. The van der Waals surface area contributed by atoms with Gasteiger partial charge in [0, 0.05) is 23.6 Å². The fourth-order valence-corrected chi connectivity index (χ4v) is 4.87. The predicted octanol–water partition coefficient (Wildman–Crippen LogP) is 2.92. The molecule has 0 N–H and O–H groups in total. The van der Waals surface area contributed by atoms with Crippen molar-refractivity contribution < 1.29 is 14.3 Å². The molecular weight excluding hydrogens is 298 g/mol. The van der Waals surface area contributed by atoms with Crippen LogP contribution in [-0.4, -0.2) is 36.5 Å². The summed E-state index contributed by atoms with van der Waals surface area (Å²) in [5.74, 6) is 2.43. The van der Waals surface area contributed by atoms with E-state index in [9.17, 15) is 4.79 Å². The zero-order valence-corrected chi connectivity index (χ0v) is 13.7. The smallest absolute Gasteiger partial charge is 0.217 e. The molecule has 5 heteroatoms. The van der Waals surface area contributed by atoms with Crippen molar-refractivity contribution in [2.24, 2.45) is 0 Å². The van der Waals surface area contributed by atoms with Crippen LogP contribution in [0.1, 0.15) is 30.0 Å². The molecule has 1 unspecified atom stereocenters. The molecule has 1 aromatic rings. The molecule has 0 saturated heterocycles. The van der Waals surface area contributed by atoms with Crippen molar-refractivity contribution in [1.29, 1.82) is 0 Å². The Morgan fingerprint density at radius 3 is 2.73 bits per heavy atom. The number of hydrogen-bond acceptors (Lipinski definition) is 5. The quantitative estimate of drug-likeness (QED) is 0.838. The van der Waals surface area contributed by atoms with Gasteiger partial charge in [0.05, 0.1) is 20.3 Å². The number of fused-ring (bicyclic) bond motifs is 4. The Hall–Kier alpha value is -1.62. The number of benzene rings is 1. The average Bonchev–Trinajstić information content (AvgIpc) is 2.94. The summed E-state index contributed by atoms with van der Waals surface area (Å²) in [6, 6.07) is 4.61. The van der Waals surface area contributed by atoms with Gasteiger partial charge in [0.15, 0.2) is 11.5 Å². The summed E-state index contributed by atoms with van der Waals surface area (Å²) in [7, 11) is 3.36. The van der Waals surface area contributed by atoms with Crippen LogP contribution >= 0.6 is 11.8 Å². The summed E-state index contributed by atoms with van der Waals surface area (Å²) in [5, 5.41) is 0.284. The summed E-state index contributed by atoms with van der Waals surface area (Å²) < 4.78 is 10.9. The van der Waals surface area contributed by atoms with Crippen LogP contribution in [0.5, 0.6) is 11.5 Å². The van der Waals surface area contributed by atoms with Crippen molar-refractivity contribution in [2.75, 3.05) is 26.5 Å². The van der Waals surface area contributed by atoms with Crippen molar-refractivity contribution in [1.82, 2.24) is 4.90 Å². The lowest BCUT2D eigenvalue weighted by Gasteiger charge is -2.43. The first-order valence-electron chi connectivity index (χ1n) is 7.63. The van der Waals surface area contributed by atoms with Crippen molar-refractivity contribution in [3.05, 3.63) is 34.5 Å². The van der Waals surface area contributed by atoms with E-state index >= 15 is 0 Å². The lowest BCUT2D eigenvalue weighted by molar-refractivity contribution is -0.108. The van der Waals surface area contributed by atoms with Gasteiger partial charge in [-0.15, -0.1) is 0 Å². The molecule has 116 valence electrons. The molecule has 0 spiro atoms. The Kier molecular flexibility index (Phi) is 3.33. The number of thioether (sulfide) groups is 1. The van der Waals surface area contributed by atoms with Gasteiger partial charge in [-0.1, -0.05) is 11.8 Å². The lowest BCUT2D eigenvalue weighted by atomic mass is 9.85. The molecule has 0 radical (unpaired) electrons. The topological polar surface area (TPSA) is 38.8 Å².